The standard InChI is InChI=1S/C10H17N2O3PS/c1-7(2)10-11-8(13-3)6-9(12-10)15-16(5,17)14-4/h6-7H,1-5H3. The minimum atomic E-state index is -2.29. The molecule has 0 aliphatic rings. The molecule has 1 rings (SSSR count). The molecule has 96 valence electrons. The summed E-state index contributed by atoms with van der Waals surface area (Å²) in [5.74, 6) is 1.70. The summed E-state index contributed by atoms with van der Waals surface area (Å²) >= 11 is 5.18. The lowest BCUT2D eigenvalue weighted by molar-refractivity contribution is 0.376. The molecule has 0 bridgehead atoms. The Kier molecular flexibility index (Phi) is 4.86. The van der Waals surface area contributed by atoms with Crippen LogP contribution in [0.4, 0.5) is 0 Å². The van der Waals surface area contributed by atoms with Gasteiger partial charge in [0, 0.05) is 19.7 Å². The molecule has 0 fully saturated rings. The van der Waals surface area contributed by atoms with Crippen molar-refractivity contribution in [3.05, 3.63) is 11.9 Å². The van der Waals surface area contributed by atoms with Crippen LogP contribution in [0.15, 0.2) is 6.07 Å². The molecule has 5 nitrogen and oxygen atoms in total. The Balaban J connectivity index is 3.07. The van der Waals surface area contributed by atoms with Crippen molar-refractivity contribution in [3.63, 3.8) is 0 Å². The summed E-state index contributed by atoms with van der Waals surface area (Å²) in [5, 5.41) is 0. The molecule has 0 aliphatic carbocycles. The highest BCUT2D eigenvalue weighted by Crippen LogP contribution is 2.43. The lowest BCUT2D eigenvalue weighted by atomic mass is 10.2. The Labute approximate surface area is 107 Å². The van der Waals surface area contributed by atoms with Crippen LogP contribution in [0.3, 0.4) is 0 Å². The number of nitrogens with zero attached hydrogens (tertiary/aromatic N) is 2. The van der Waals surface area contributed by atoms with Gasteiger partial charge in [0.25, 0.3) is 0 Å². The van der Waals surface area contributed by atoms with Crippen LogP contribution in [0.2, 0.25) is 0 Å². The molecule has 0 N–H and O–H groups in total. The summed E-state index contributed by atoms with van der Waals surface area (Å²) in [6.45, 7) is 3.45. The van der Waals surface area contributed by atoms with Crippen LogP contribution in [0.1, 0.15) is 25.6 Å². The molecule has 0 aromatic carbocycles. The summed E-state index contributed by atoms with van der Waals surface area (Å²) < 4.78 is 15.8. The molecule has 0 radical (unpaired) electrons. The first-order chi connectivity index (χ1) is 7.88. The van der Waals surface area contributed by atoms with Crippen molar-refractivity contribution in [2.75, 3.05) is 20.9 Å². The van der Waals surface area contributed by atoms with E-state index in [2.05, 4.69) is 9.97 Å². The van der Waals surface area contributed by atoms with Gasteiger partial charge in [-0.05, 0) is 11.8 Å². The van der Waals surface area contributed by atoms with Gasteiger partial charge in [-0.25, -0.2) is 0 Å². The fraction of sp³-hybridized carbons (Fsp3) is 0.600. The Bertz CT molecular complexity index is 440. The maximum absolute atomic E-state index is 5.56. The van der Waals surface area contributed by atoms with E-state index >= 15 is 0 Å². The molecule has 1 unspecified atom stereocenters. The largest absolute Gasteiger partial charge is 0.481 e. The highest BCUT2D eigenvalue weighted by molar-refractivity contribution is 8.09. The molecule has 1 heterocycles. The van der Waals surface area contributed by atoms with Crippen molar-refractivity contribution in [1.82, 2.24) is 9.97 Å². The zero-order valence-corrected chi connectivity index (χ0v) is 12.3. The van der Waals surface area contributed by atoms with Gasteiger partial charge in [0.2, 0.25) is 18.3 Å². The monoisotopic (exact) mass is 276 g/mol. The quantitative estimate of drug-likeness (QED) is 0.770. The smallest absolute Gasteiger partial charge is 0.236 e. The molecular formula is C10H17N2O3PS. The number of methoxy groups -OCH3 is 1. The van der Waals surface area contributed by atoms with E-state index in [1.54, 1.807) is 19.8 Å². The van der Waals surface area contributed by atoms with Gasteiger partial charge in [-0.15, -0.1) is 0 Å². The van der Waals surface area contributed by atoms with Crippen molar-refractivity contribution in [3.8, 4) is 11.8 Å². The lowest BCUT2D eigenvalue weighted by Crippen LogP contribution is -2.03. The minimum absolute atomic E-state index is 0.185. The predicted octanol–water partition coefficient (Wildman–Crippen LogP) is 2.57. The van der Waals surface area contributed by atoms with Crippen molar-refractivity contribution in [2.24, 2.45) is 0 Å². The van der Waals surface area contributed by atoms with E-state index in [0.717, 1.165) is 0 Å². The average molecular weight is 276 g/mol. The predicted molar refractivity (Wildman–Crippen MR) is 70.5 cm³/mol. The van der Waals surface area contributed by atoms with Crippen LogP contribution in [0.25, 0.3) is 0 Å². The zero-order chi connectivity index (χ0) is 13.1. The highest BCUT2D eigenvalue weighted by Gasteiger charge is 2.15. The van der Waals surface area contributed by atoms with E-state index in [0.29, 0.717) is 17.6 Å². The third-order valence-electron chi connectivity index (χ3n) is 2.01. The summed E-state index contributed by atoms with van der Waals surface area (Å²) in [6, 6.07) is 1.61. The van der Waals surface area contributed by atoms with Crippen molar-refractivity contribution < 1.29 is 13.8 Å². The van der Waals surface area contributed by atoms with Crippen LogP contribution in [0.5, 0.6) is 11.8 Å². The van der Waals surface area contributed by atoms with E-state index in [-0.39, 0.29) is 5.92 Å². The first-order valence-electron chi connectivity index (χ1n) is 5.13. The van der Waals surface area contributed by atoms with E-state index in [1.165, 1.54) is 7.11 Å². The van der Waals surface area contributed by atoms with Gasteiger partial charge in [0.1, 0.15) is 5.82 Å². The Morgan fingerprint density at radius 2 is 1.82 bits per heavy atom. The number of ether oxygens (including phenoxy) is 1. The Hall–Kier alpha value is -0.710. The Morgan fingerprint density at radius 3 is 2.29 bits per heavy atom. The van der Waals surface area contributed by atoms with Gasteiger partial charge in [-0.3, -0.25) is 0 Å². The van der Waals surface area contributed by atoms with Crippen LogP contribution < -0.4 is 9.26 Å². The molecule has 1 aromatic heterocycles. The van der Waals surface area contributed by atoms with Crippen molar-refractivity contribution in [2.45, 2.75) is 19.8 Å². The van der Waals surface area contributed by atoms with Gasteiger partial charge < -0.3 is 13.8 Å². The maximum atomic E-state index is 5.56. The maximum Gasteiger partial charge on any atom is 0.236 e. The van der Waals surface area contributed by atoms with Crippen LogP contribution in [-0.2, 0) is 16.3 Å². The molecule has 0 aliphatic heterocycles. The third kappa shape index (κ3) is 4.22. The molecule has 1 atom stereocenters. The van der Waals surface area contributed by atoms with E-state index < -0.39 is 6.49 Å². The zero-order valence-electron chi connectivity index (χ0n) is 10.6. The normalized spacial score (nSPS) is 14.5. The van der Waals surface area contributed by atoms with E-state index in [9.17, 15) is 0 Å². The average Bonchev–Trinajstić information content (AvgIpc) is 2.28. The topological polar surface area (TPSA) is 53.5 Å². The molecule has 1 aromatic rings. The number of aromatic nitrogens is 2. The third-order valence-corrected chi connectivity index (χ3v) is 3.87. The van der Waals surface area contributed by atoms with Crippen molar-refractivity contribution >= 4 is 18.3 Å². The van der Waals surface area contributed by atoms with E-state index in [1.807, 2.05) is 13.8 Å². The van der Waals surface area contributed by atoms with Crippen LogP contribution >= 0.6 is 6.49 Å². The number of hydrogen-bond donors (Lipinski definition) is 0. The molecule has 0 amide bonds. The number of rotatable bonds is 5. The molecule has 7 heteroatoms. The van der Waals surface area contributed by atoms with Crippen LogP contribution in [0, 0.1) is 0 Å². The molecular weight excluding hydrogens is 259 g/mol. The van der Waals surface area contributed by atoms with Crippen LogP contribution in [-0.4, -0.2) is 30.9 Å². The van der Waals surface area contributed by atoms with Gasteiger partial charge in [-0.1, -0.05) is 13.8 Å². The molecule has 0 saturated carbocycles. The van der Waals surface area contributed by atoms with Gasteiger partial charge >= 0.3 is 0 Å². The minimum Gasteiger partial charge on any atom is -0.481 e. The summed E-state index contributed by atoms with van der Waals surface area (Å²) in [4.78, 5) is 8.51. The summed E-state index contributed by atoms with van der Waals surface area (Å²) in [7, 11) is 3.08. The molecule has 0 spiro atoms. The lowest BCUT2D eigenvalue weighted by Gasteiger charge is -2.16. The van der Waals surface area contributed by atoms with Gasteiger partial charge in [0.15, 0.2) is 0 Å². The first kappa shape index (κ1) is 14.4. The molecule has 0 saturated heterocycles. The second-order valence-corrected chi connectivity index (χ2v) is 7.89. The van der Waals surface area contributed by atoms with Crippen molar-refractivity contribution in [1.29, 1.82) is 0 Å². The first-order valence-corrected chi connectivity index (χ1v) is 8.22. The molecule has 17 heavy (non-hydrogen) atoms. The number of hydrogen-bond acceptors (Lipinski definition) is 6. The SMILES string of the molecule is COc1cc(OP(C)(=S)OC)nc(C(C)C)n1. The summed E-state index contributed by atoms with van der Waals surface area (Å²) in [6.07, 6.45) is 0. The van der Waals surface area contributed by atoms with Gasteiger partial charge in [0.05, 0.1) is 13.2 Å². The Morgan fingerprint density at radius 1 is 1.24 bits per heavy atom. The second kappa shape index (κ2) is 5.76. The fourth-order valence-corrected chi connectivity index (χ4v) is 1.77. The summed E-state index contributed by atoms with van der Waals surface area (Å²) in [5.41, 5.74) is 0. The van der Waals surface area contributed by atoms with Gasteiger partial charge in [-0.2, -0.15) is 9.97 Å². The highest BCUT2D eigenvalue weighted by atomic mass is 32.5. The fourth-order valence-electron chi connectivity index (χ4n) is 1.04. The van der Waals surface area contributed by atoms with E-state index in [4.69, 9.17) is 25.6 Å². The second-order valence-electron chi connectivity index (χ2n) is 3.81.